The lowest BCUT2D eigenvalue weighted by Crippen LogP contribution is -2.46. The number of nitrogens with one attached hydrogen (secondary N) is 1. The molecule has 18 heavy (non-hydrogen) atoms. The average Bonchev–Trinajstić information content (AvgIpc) is 2.36. The van der Waals surface area contributed by atoms with Crippen LogP contribution in [0.4, 0.5) is 4.79 Å². The number of carboxylic acid groups (broad SMARTS) is 1. The third-order valence-electron chi connectivity index (χ3n) is 2.49. The van der Waals surface area contributed by atoms with Crippen molar-refractivity contribution in [2.45, 2.75) is 25.9 Å². The van der Waals surface area contributed by atoms with E-state index in [1.807, 2.05) is 6.07 Å². The molecule has 0 spiro atoms. The van der Waals surface area contributed by atoms with Gasteiger partial charge in [-0.1, -0.05) is 13.0 Å². The molecule has 1 aromatic heterocycles. The zero-order valence-electron chi connectivity index (χ0n) is 10.5. The molecule has 2 N–H and O–H groups in total. The lowest BCUT2D eigenvalue weighted by atomic mass is 10.2. The van der Waals surface area contributed by atoms with Crippen molar-refractivity contribution in [3.63, 3.8) is 0 Å². The summed E-state index contributed by atoms with van der Waals surface area (Å²) >= 11 is 0. The quantitative estimate of drug-likeness (QED) is 0.820. The van der Waals surface area contributed by atoms with Crippen molar-refractivity contribution in [3.05, 3.63) is 30.1 Å². The van der Waals surface area contributed by atoms with Gasteiger partial charge in [-0.2, -0.15) is 0 Å². The SMILES string of the molecule is CC[C@@H](NC(=O)N(C)Cc1cccnc1)C(=O)O. The number of aliphatic carboxylic acids is 1. The van der Waals surface area contributed by atoms with Crippen LogP contribution in [0.5, 0.6) is 0 Å². The van der Waals surface area contributed by atoms with Gasteiger partial charge in [0.25, 0.3) is 0 Å². The van der Waals surface area contributed by atoms with Gasteiger partial charge in [0.15, 0.2) is 0 Å². The summed E-state index contributed by atoms with van der Waals surface area (Å²) in [7, 11) is 1.61. The molecule has 0 aliphatic heterocycles. The second-order valence-corrected chi connectivity index (χ2v) is 3.97. The van der Waals surface area contributed by atoms with Crippen LogP contribution >= 0.6 is 0 Å². The highest BCUT2D eigenvalue weighted by molar-refractivity contribution is 5.82. The molecule has 0 radical (unpaired) electrons. The van der Waals surface area contributed by atoms with Gasteiger partial charge in [0, 0.05) is 26.0 Å². The van der Waals surface area contributed by atoms with Crippen molar-refractivity contribution in [2.24, 2.45) is 0 Å². The van der Waals surface area contributed by atoms with E-state index in [9.17, 15) is 9.59 Å². The van der Waals surface area contributed by atoms with Gasteiger partial charge < -0.3 is 15.3 Å². The number of carbonyl (C=O) groups excluding carboxylic acids is 1. The van der Waals surface area contributed by atoms with Crippen LogP contribution < -0.4 is 5.32 Å². The zero-order chi connectivity index (χ0) is 13.5. The predicted molar refractivity (Wildman–Crippen MR) is 66.0 cm³/mol. The Balaban J connectivity index is 2.54. The number of rotatable bonds is 5. The normalized spacial score (nSPS) is 11.7. The van der Waals surface area contributed by atoms with Crippen LogP contribution in [-0.4, -0.2) is 40.1 Å². The predicted octanol–water partition coefficient (Wildman–Crippen LogP) is 1.09. The molecule has 0 saturated carbocycles. The number of carbonyl (C=O) groups is 2. The minimum Gasteiger partial charge on any atom is -0.480 e. The van der Waals surface area contributed by atoms with Crippen molar-refractivity contribution >= 4 is 12.0 Å². The first-order valence-corrected chi connectivity index (χ1v) is 5.68. The minimum atomic E-state index is -1.03. The molecule has 2 amide bonds. The van der Waals surface area contributed by atoms with Gasteiger partial charge in [0.05, 0.1) is 0 Å². The highest BCUT2D eigenvalue weighted by Crippen LogP contribution is 2.01. The molecule has 0 aliphatic carbocycles. The van der Waals surface area contributed by atoms with E-state index in [-0.39, 0.29) is 0 Å². The van der Waals surface area contributed by atoms with Gasteiger partial charge >= 0.3 is 12.0 Å². The number of urea groups is 1. The summed E-state index contributed by atoms with van der Waals surface area (Å²) in [5.41, 5.74) is 0.888. The fourth-order valence-corrected chi connectivity index (χ4v) is 1.43. The summed E-state index contributed by atoms with van der Waals surface area (Å²) in [5, 5.41) is 11.3. The number of pyridine rings is 1. The molecular weight excluding hydrogens is 234 g/mol. The van der Waals surface area contributed by atoms with E-state index in [4.69, 9.17) is 5.11 Å². The smallest absolute Gasteiger partial charge is 0.326 e. The van der Waals surface area contributed by atoms with E-state index < -0.39 is 18.0 Å². The summed E-state index contributed by atoms with van der Waals surface area (Å²) < 4.78 is 0. The molecule has 1 atom stereocenters. The van der Waals surface area contributed by atoms with E-state index in [1.165, 1.54) is 4.90 Å². The van der Waals surface area contributed by atoms with Gasteiger partial charge in [-0.3, -0.25) is 4.98 Å². The van der Waals surface area contributed by atoms with Gasteiger partial charge in [-0.15, -0.1) is 0 Å². The largest absolute Gasteiger partial charge is 0.480 e. The molecular formula is C12H17N3O3. The Morgan fingerprint density at radius 1 is 1.56 bits per heavy atom. The Labute approximate surface area is 106 Å². The standard InChI is InChI=1S/C12H17N3O3/c1-3-10(11(16)17)14-12(18)15(2)8-9-5-4-6-13-7-9/h4-7,10H,3,8H2,1-2H3,(H,14,18)(H,16,17)/t10-/m1/s1. The molecule has 0 bridgehead atoms. The number of amides is 2. The van der Waals surface area contributed by atoms with Crippen LogP contribution in [0.1, 0.15) is 18.9 Å². The Kier molecular flexibility index (Phi) is 5.10. The fourth-order valence-electron chi connectivity index (χ4n) is 1.43. The molecule has 1 aromatic rings. The van der Waals surface area contributed by atoms with E-state index in [2.05, 4.69) is 10.3 Å². The fraction of sp³-hybridized carbons (Fsp3) is 0.417. The van der Waals surface area contributed by atoms with Crippen molar-refractivity contribution in [1.82, 2.24) is 15.2 Å². The number of nitrogens with zero attached hydrogens (tertiary/aromatic N) is 2. The van der Waals surface area contributed by atoms with Gasteiger partial charge in [0.2, 0.25) is 0 Å². The summed E-state index contributed by atoms with van der Waals surface area (Å²) in [5.74, 6) is -1.03. The van der Waals surface area contributed by atoms with E-state index in [0.29, 0.717) is 13.0 Å². The maximum absolute atomic E-state index is 11.8. The van der Waals surface area contributed by atoms with Gasteiger partial charge in [0.1, 0.15) is 6.04 Å². The highest BCUT2D eigenvalue weighted by Gasteiger charge is 2.19. The molecule has 6 heteroatoms. The van der Waals surface area contributed by atoms with Crippen LogP contribution in [0, 0.1) is 0 Å². The molecule has 0 fully saturated rings. The number of carboxylic acids is 1. The summed E-state index contributed by atoms with van der Waals surface area (Å²) in [4.78, 5) is 27.9. The van der Waals surface area contributed by atoms with Crippen LogP contribution in [0.3, 0.4) is 0 Å². The number of hydrogen-bond acceptors (Lipinski definition) is 3. The van der Waals surface area contributed by atoms with Gasteiger partial charge in [-0.05, 0) is 18.1 Å². The monoisotopic (exact) mass is 251 g/mol. The van der Waals surface area contributed by atoms with E-state index in [1.54, 1.807) is 32.4 Å². The molecule has 0 saturated heterocycles. The Hall–Kier alpha value is -2.11. The molecule has 0 unspecified atom stereocenters. The first kappa shape index (κ1) is 14.0. The Morgan fingerprint density at radius 3 is 2.78 bits per heavy atom. The van der Waals surface area contributed by atoms with Crippen LogP contribution in [0.2, 0.25) is 0 Å². The minimum absolute atomic E-state index is 0.349. The summed E-state index contributed by atoms with van der Waals surface area (Å²) in [6.07, 6.45) is 3.67. The zero-order valence-corrected chi connectivity index (χ0v) is 10.5. The molecule has 1 rings (SSSR count). The summed E-state index contributed by atoms with van der Waals surface area (Å²) in [6.45, 7) is 2.09. The third-order valence-corrected chi connectivity index (χ3v) is 2.49. The molecule has 0 aromatic carbocycles. The molecule has 0 aliphatic rings. The maximum Gasteiger partial charge on any atom is 0.326 e. The first-order chi connectivity index (χ1) is 8.54. The average molecular weight is 251 g/mol. The number of aromatic nitrogens is 1. The maximum atomic E-state index is 11.8. The second-order valence-electron chi connectivity index (χ2n) is 3.97. The second kappa shape index (κ2) is 6.58. The van der Waals surface area contributed by atoms with Gasteiger partial charge in [-0.25, -0.2) is 9.59 Å². The van der Waals surface area contributed by atoms with Crippen molar-refractivity contribution in [1.29, 1.82) is 0 Å². The van der Waals surface area contributed by atoms with Crippen LogP contribution in [0.15, 0.2) is 24.5 Å². The lowest BCUT2D eigenvalue weighted by molar-refractivity contribution is -0.139. The van der Waals surface area contributed by atoms with E-state index >= 15 is 0 Å². The van der Waals surface area contributed by atoms with Crippen LogP contribution in [-0.2, 0) is 11.3 Å². The van der Waals surface area contributed by atoms with E-state index in [0.717, 1.165) is 5.56 Å². The lowest BCUT2D eigenvalue weighted by Gasteiger charge is -2.20. The molecule has 1 heterocycles. The summed E-state index contributed by atoms with van der Waals surface area (Å²) in [6, 6.07) is 2.38. The molecule has 6 nitrogen and oxygen atoms in total. The highest BCUT2D eigenvalue weighted by atomic mass is 16.4. The topological polar surface area (TPSA) is 82.5 Å². The third kappa shape index (κ3) is 4.04. The van der Waals surface area contributed by atoms with Crippen molar-refractivity contribution in [2.75, 3.05) is 7.05 Å². The Bertz CT molecular complexity index is 408. The first-order valence-electron chi connectivity index (χ1n) is 5.68. The number of hydrogen-bond donors (Lipinski definition) is 2. The van der Waals surface area contributed by atoms with Crippen LogP contribution in [0.25, 0.3) is 0 Å². The Morgan fingerprint density at radius 2 is 2.28 bits per heavy atom. The van der Waals surface area contributed by atoms with Crippen molar-refractivity contribution < 1.29 is 14.7 Å². The van der Waals surface area contributed by atoms with Crippen molar-refractivity contribution in [3.8, 4) is 0 Å². The molecule has 98 valence electrons.